The molecule has 170 valence electrons. The van der Waals surface area contributed by atoms with Crippen LogP contribution in [0.1, 0.15) is 65.9 Å². The fourth-order valence-electron chi connectivity index (χ4n) is 5.11. The van der Waals surface area contributed by atoms with Gasteiger partial charge in [0.15, 0.2) is 5.79 Å². The van der Waals surface area contributed by atoms with Crippen molar-refractivity contribution < 1.29 is 19.1 Å². The van der Waals surface area contributed by atoms with Gasteiger partial charge in [0, 0.05) is 51.2 Å². The molecule has 0 radical (unpaired) electrons. The Morgan fingerprint density at radius 2 is 1.50 bits per heavy atom. The number of fused-ring (bicyclic) bond motifs is 1. The second kappa shape index (κ2) is 9.53. The molecule has 0 spiro atoms. The summed E-state index contributed by atoms with van der Waals surface area (Å²) in [4.78, 5) is 29.9. The normalized spacial score (nSPS) is 21.6. The Morgan fingerprint density at radius 1 is 0.938 bits per heavy atom. The fourth-order valence-corrected chi connectivity index (χ4v) is 5.11. The first-order chi connectivity index (χ1) is 15.5. The van der Waals surface area contributed by atoms with E-state index >= 15 is 0 Å². The average Bonchev–Trinajstić information content (AvgIpc) is 3.05. The highest BCUT2D eigenvalue weighted by Gasteiger charge is 2.46. The second-order valence-electron chi connectivity index (χ2n) is 8.48. The lowest BCUT2D eigenvalue weighted by Crippen LogP contribution is -2.57. The Morgan fingerprint density at radius 3 is 2.06 bits per heavy atom. The highest BCUT2D eigenvalue weighted by molar-refractivity contribution is 6.21. The molecule has 2 heterocycles. The summed E-state index contributed by atoms with van der Waals surface area (Å²) >= 11 is 0. The molecule has 2 aliphatic heterocycles. The highest BCUT2D eigenvalue weighted by atomic mass is 16.7. The van der Waals surface area contributed by atoms with Crippen LogP contribution in [0.2, 0.25) is 0 Å². The van der Waals surface area contributed by atoms with Crippen molar-refractivity contribution in [2.75, 3.05) is 26.3 Å². The van der Waals surface area contributed by atoms with Gasteiger partial charge in [0.2, 0.25) is 0 Å². The number of hydrogen-bond donors (Lipinski definition) is 0. The van der Waals surface area contributed by atoms with Crippen molar-refractivity contribution in [2.24, 2.45) is 0 Å². The number of hydrogen-bond acceptors (Lipinski definition) is 5. The Bertz CT molecular complexity index is 920. The third kappa shape index (κ3) is 4.22. The second-order valence-corrected chi connectivity index (χ2v) is 8.48. The largest absolute Gasteiger partial charge is 0.350 e. The smallest absolute Gasteiger partial charge is 0.261 e. The molecule has 2 atom stereocenters. The van der Waals surface area contributed by atoms with Gasteiger partial charge in [-0.25, -0.2) is 0 Å². The average molecular weight is 437 g/mol. The first-order valence-corrected chi connectivity index (χ1v) is 11.5. The van der Waals surface area contributed by atoms with Gasteiger partial charge in [-0.15, -0.1) is 0 Å². The van der Waals surface area contributed by atoms with E-state index in [-0.39, 0.29) is 23.9 Å². The molecule has 1 fully saturated rings. The van der Waals surface area contributed by atoms with Crippen LogP contribution < -0.4 is 0 Å². The number of rotatable bonds is 8. The van der Waals surface area contributed by atoms with Crippen molar-refractivity contribution in [1.82, 2.24) is 9.80 Å². The van der Waals surface area contributed by atoms with Crippen molar-refractivity contribution in [3.05, 3.63) is 71.3 Å². The molecule has 1 saturated heterocycles. The van der Waals surface area contributed by atoms with Crippen LogP contribution in [0.3, 0.4) is 0 Å². The number of ether oxygens (including phenoxy) is 2. The predicted octanol–water partition coefficient (Wildman–Crippen LogP) is 4.28. The van der Waals surface area contributed by atoms with Crippen LogP contribution in [-0.2, 0) is 9.47 Å². The van der Waals surface area contributed by atoms with Gasteiger partial charge in [-0.2, -0.15) is 0 Å². The molecule has 0 N–H and O–H groups in total. The monoisotopic (exact) mass is 436 g/mol. The predicted molar refractivity (Wildman–Crippen MR) is 122 cm³/mol. The number of benzene rings is 2. The zero-order valence-electron chi connectivity index (χ0n) is 19.1. The number of carbonyl (C=O) groups is 2. The Hall–Kier alpha value is -2.54. The van der Waals surface area contributed by atoms with Gasteiger partial charge in [0.05, 0.1) is 11.1 Å². The summed E-state index contributed by atoms with van der Waals surface area (Å²) in [5.74, 6) is -1.14. The van der Waals surface area contributed by atoms with Crippen LogP contribution in [-0.4, -0.2) is 59.7 Å². The summed E-state index contributed by atoms with van der Waals surface area (Å²) in [6, 6.07) is 17.4. The molecule has 2 aliphatic rings. The molecular weight excluding hydrogens is 404 g/mol. The summed E-state index contributed by atoms with van der Waals surface area (Å²) in [5.41, 5.74) is 2.17. The molecule has 32 heavy (non-hydrogen) atoms. The van der Waals surface area contributed by atoms with Gasteiger partial charge in [0.25, 0.3) is 11.8 Å². The quantitative estimate of drug-likeness (QED) is 0.457. The van der Waals surface area contributed by atoms with Crippen LogP contribution in [0.5, 0.6) is 0 Å². The minimum atomic E-state index is -0.695. The highest BCUT2D eigenvalue weighted by Crippen LogP contribution is 2.37. The number of carbonyl (C=O) groups excluding carboxylic acids is 2. The molecule has 0 saturated carbocycles. The molecule has 2 amide bonds. The first kappa shape index (κ1) is 22.6. The Kier molecular flexibility index (Phi) is 6.74. The zero-order valence-corrected chi connectivity index (χ0v) is 19.1. The van der Waals surface area contributed by atoms with E-state index in [1.165, 1.54) is 10.5 Å². The maximum absolute atomic E-state index is 13.1. The van der Waals surface area contributed by atoms with Gasteiger partial charge in [-0.3, -0.25) is 19.4 Å². The molecule has 4 rings (SSSR count). The van der Waals surface area contributed by atoms with Crippen LogP contribution in [0.4, 0.5) is 0 Å². The standard InChI is InChI=1S/C26H32N2O4/c1-4-31-26(32-5-2)15-16-27(19(3)20-11-7-6-8-12-20)21(17-26)18-28-24(29)22-13-9-10-14-23(22)25(28)30/h6-14,19,21H,4-5,15-18H2,1-3H3. The topological polar surface area (TPSA) is 59.1 Å². The lowest BCUT2D eigenvalue weighted by Gasteiger charge is -2.48. The zero-order chi connectivity index (χ0) is 22.7. The van der Waals surface area contributed by atoms with Crippen molar-refractivity contribution in [3.63, 3.8) is 0 Å². The fraction of sp³-hybridized carbons (Fsp3) is 0.462. The third-order valence-corrected chi connectivity index (χ3v) is 6.63. The van der Waals surface area contributed by atoms with Crippen molar-refractivity contribution in [2.45, 2.75) is 51.5 Å². The summed E-state index contributed by atoms with van der Waals surface area (Å²) in [7, 11) is 0. The van der Waals surface area contributed by atoms with Gasteiger partial charge < -0.3 is 9.47 Å². The van der Waals surface area contributed by atoms with E-state index < -0.39 is 5.79 Å². The van der Waals surface area contributed by atoms with E-state index in [0.29, 0.717) is 37.3 Å². The number of nitrogens with zero attached hydrogens (tertiary/aromatic N) is 2. The number of amides is 2. The minimum absolute atomic E-state index is 0.0840. The Balaban J connectivity index is 1.63. The van der Waals surface area contributed by atoms with Crippen molar-refractivity contribution in [1.29, 1.82) is 0 Å². The lowest BCUT2D eigenvalue weighted by atomic mass is 9.92. The Labute approximate surface area is 190 Å². The van der Waals surface area contributed by atoms with Gasteiger partial charge in [0.1, 0.15) is 0 Å². The number of imide groups is 1. The number of likely N-dealkylation sites (tertiary alicyclic amines) is 1. The van der Waals surface area contributed by atoms with Crippen LogP contribution >= 0.6 is 0 Å². The van der Waals surface area contributed by atoms with Gasteiger partial charge in [-0.05, 0) is 38.5 Å². The summed E-state index contributed by atoms with van der Waals surface area (Å²) in [5, 5.41) is 0. The van der Waals surface area contributed by atoms with Crippen molar-refractivity contribution >= 4 is 11.8 Å². The van der Waals surface area contributed by atoms with E-state index in [1.807, 2.05) is 32.0 Å². The number of piperidine rings is 1. The molecule has 2 unspecified atom stereocenters. The third-order valence-electron chi connectivity index (χ3n) is 6.63. The maximum Gasteiger partial charge on any atom is 0.261 e. The van der Waals surface area contributed by atoms with E-state index in [2.05, 4.69) is 24.0 Å². The van der Waals surface area contributed by atoms with E-state index in [9.17, 15) is 9.59 Å². The molecule has 6 nitrogen and oxygen atoms in total. The van der Waals surface area contributed by atoms with E-state index in [0.717, 1.165) is 13.0 Å². The van der Waals surface area contributed by atoms with E-state index in [1.54, 1.807) is 24.3 Å². The van der Waals surface area contributed by atoms with Gasteiger partial charge >= 0.3 is 0 Å². The first-order valence-electron chi connectivity index (χ1n) is 11.5. The SMILES string of the molecule is CCOC1(OCC)CCN(C(C)c2ccccc2)C(CN2C(=O)c3ccccc3C2=O)C1. The van der Waals surface area contributed by atoms with Gasteiger partial charge in [-0.1, -0.05) is 42.5 Å². The van der Waals surface area contributed by atoms with Crippen molar-refractivity contribution in [3.8, 4) is 0 Å². The summed E-state index contributed by atoms with van der Waals surface area (Å²) in [6.45, 7) is 8.29. The molecule has 0 aliphatic carbocycles. The lowest BCUT2D eigenvalue weighted by molar-refractivity contribution is -0.263. The maximum atomic E-state index is 13.1. The minimum Gasteiger partial charge on any atom is -0.350 e. The molecule has 2 aromatic rings. The van der Waals surface area contributed by atoms with Crippen LogP contribution in [0, 0.1) is 0 Å². The molecular formula is C26H32N2O4. The molecule has 2 aromatic carbocycles. The molecule has 6 heteroatoms. The molecule has 0 aromatic heterocycles. The van der Waals surface area contributed by atoms with Crippen LogP contribution in [0.25, 0.3) is 0 Å². The van der Waals surface area contributed by atoms with Crippen LogP contribution in [0.15, 0.2) is 54.6 Å². The molecule has 0 bridgehead atoms. The van der Waals surface area contributed by atoms with E-state index in [4.69, 9.17) is 9.47 Å². The summed E-state index contributed by atoms with van der Waals surface area (Å²) < 4.78 is 12.2. The summed E-state index contributed by atoms with van der Waals surface area (Å²) in [6.07, 6.45) is 1.34.